The molecule has 0 aromatic rings. The van der Waals surface area contributed by atoms with Crippen LogP contribution in [0.3, 0.4) is 0 Å². The molecule has 94 valence electrons. The van der Waals surface area contributed by atoms with Gasteiger partial charge in [0, 0.05) is 18.9 Å². The smallest absolute Gasteiger partial charge is 0.305 e. The van der Waals surface area contributed by atoms with Gasteiger partial charge in [0.05, 0.1) is 7.11 Å². The van der Waals surface area contributed by atoms with E-state index in [1.54, 1.807) is 0 Å². The molecule has 1 atom stereocenters. The Morgan fingerprint density at radius 3 is 2.31 bits per heavy atom. The Bertz CT molecular complexity index is 216. The maximum atomic E-state index is 11.4. The summed E-state index contributed by atoms with van der Waals surface area (Å²) in [4.78, 5) is 22.4. The first-order valence-corrected chi connectivity index (χ1v) is 6.00. The molecule has 1 unspecified atom stereocenters. The van der Waals surface area contributed by atoms with Gasteiger partial charge in [-0.25, -0.2) is 0 Å². The van der Waals surface area contributed by atoms with Gasteiger partial charge in [-0.3, -0.25) is 9.59 Å². The van der Waals surface area contributed by atoms with Gasteiger partial charge in [0.25, 0.3) is 0 Å². The number of carbonyl (C=O) groups excluding carboxylic acids is 2. The number of ether oxygens (including phenoxy) is 1. The van der Waals surface area contributed by atoms with Crippen molar-refractivity contribution in [1.29, 1.82) is 0 Å². The van der Waals surface area contributed by atoms with E-state index in [1.165, 1.54) is 7.11 Å². The Morgan fingerprint density at radius 1 is 1.12 bits per heavy atom. The fraction of sp³-hybridized carbons (Fsp3) is 0.833. The van der Waals surface area contributed by atoms with E-state index in [9.17, 15) is 9.59 Å². The Labute approximate surface area is 97.7 Å². The second-order valence-corrected chi connectivity index (χ2v) is 3.92. The summed E-state index contributed by atoms with van der Waals surface area (Å²) in [7, 11) is 1.38. The Balaban J connectivity index is 3.96. The van der Waals surface area contributed by atoms with Crippen molar-refractivity contribution in [3.8, 4) is 0 Å². The highest BCUT2D eigenvalue weighted by Crippen LogP contribution is 2.06. The van der Waals surface area contributed by atoms with Crippen molar-refractivity contribution in [3.05, 3.63) is 0 Å². The zero-order valence-corrected chi connectivity index (χ0v) is 10.5. The van der Waals surface area contributed by atoms with Crippen molar-refractivity contribution in [2.75, 3.05) is 7.11 Å². The minimum atomic E-state index is -0.217. The predicted octanol–water partition coefficient (Wildman–Crippen LogP) is 2.02. The lowest BCUT2D eigenvalue weighted by Gasteiger charge is -2.17. The molecule has 0 rings (SSSR count). The first-order valence-electron chi connectivity index (χ1n) is 6.00. The fourth-order valence-electron chi connectivity index (χ4n) is 1.56. The van der Waals surface area contributed by atoms with E-state index in [2.05, 4.69) is 17.0 Å². The van der Waals surface area contributed by atoms with Crippen LogP contribution in [0.4, 0.5) is 0 Å². The topological polar surface area (TPSA) is 55.4 Å². The Morgan fingerprint density at radius 2 is 1.81 bits per heavy atom. The van der Waals surface area contributed by atoms with Crippen molar-refractivity contribution in [1.82, 2.24) is 5.32 Å². The third-order valence-corrected chi connectivity index (χ3v) is 2.40. The summed E-state index contributed by atoms with van der Waals surface area (Å²) in [5.41, 5.74) is 0. The summed E-state index contributed by atoms with van der Waals surface area (Å²) in [6.07, 6.45) is 4.34. The third-order valence-electron chi connectivity index (χ3n) is 2.40. The molecule has 1 amide bonds. The molecule has 0 aliphatic carbocycles. The molecule has 4 nitrogen and oxygen atoms in total. The number of amides is 1. The van der Waals surface area contributed by atoms with Crippen LogP contribution in [0.25, 0.3) is 0 Å². The van der Waals surface area contributed by atoms with Gasteiger partial charge in [-0.15, -0.1) is 0 Å². The number of carbonyl (C=O) groups is 2. The van der Waals surface area contributed by atoms with Gasteiger partial charge in [0.2, 0.25) is 5.91 Å². The highest BCUT2D eigenvalue weighted by atomic mass is 16.5. The van der Waals surface area contributed by atoms with Gasteiger partial charge >= 0.3 is 5.97 Å². The zero-order chi connectivity index (χ0) is 12.4. The molecule has 0 fully saturated rings. The van der Waals surface area contributed by atoms with Crippen LogP contribution < -0.4 is 5.32 Å². The van der Waals surface area contributed by atoms with Crippen LogP contribution in [-0.4, -0.2) is 25.0 Å². The molecule has 0 saturated heterocycles. The summed E-state index contributed by atoms with van der Waals surface area (Å²) in [5.74, 6) is -0.142. The summed E-state index contributed by atoms with van der Waals surface area (Å²) >= 11 is 0. The average molecular weight is 229 g/mol. The lowest BCUT2D eigenvalue weighted by molar-refractivity contribution is -0.141. The van der Waals surface area contributed by atoms with E-state index < -0.39 is 0 Å². The SMILES string of the molecule is CCCC(=O)NC(CCC)CCC(=O)OC. The number of nitrogens with one attached hydrogen (secondary N) is 1. The largest absolute Gasteiger partial charge is 0.469 e. The standard InChI is InChI=1S/C12H23NO3/c1-4-6-10(8-9-12(15)16-3)13-11(14)7-5-2/h10H,4-9H2,1-3H3,(H,13,14). The van der Waals surface area contributed by atoms with Crippen LogP contribution >= 0.6 is 0 Å². The molecule has 0 spiro atoms. The van der Waals surface area contributed by atoms with Crippen LogP contribution in [0.1, 0.15) is 52.4 Å². The quantitative estimate of drug-likeness (QED) is 0.648. The molecule has 4 heteroatoms. The van der Waals surface area contributed by atoms with Crippen molar-refractivity contribution in [2.45, 2.75) is 58.4 Å². The number of rotatable bonds is 8. The average Bonchev–Trinajstić information content (AvgIpc) is 2.26. The summed E-state index contributed by atoms with van der Waals surface area (Å²) in [6.45, 7) is 4.04. The van der Waals surface area contributed by atoms with Crippen molar-refractivity contribution in [2.24, 2.45) is 0 Å². The van der Waals surface area contributed by atoms with Gasteiger partial charge in [0.1, 0.15) is 0 Å². The molecular formula is C12H23NO3. The van der Waals surface area contributed by atoms with E-state index in [0.717, 1.165) is 19.3 Å². The predicted molar refractivity (Wildman–Crippen MR) is 63.0 cm³/mol. The van der Waals surface area contributed by atoms with Crippen LogP contribution in [0.5, 0.6) is 0 Å². The highest BCUT2D eigenvalue weighted by Gasteiger charge is 2.12. The van der Waals surface area contributed by atoms with Gasteiger partial charge in [0.15, 0.2) is 0 Å². The maximum Gasteiger partial charge on any atom is 0.305 e. The molecular weight excluding hydrogens is 206 g/mol. The number of hydrogen-bond donors (Lipinski definition) is 1. The minimum Gasteiger partial charge on any atom is -0.469 e. The van der Waals surface area contributed by atoms with E-state index in [0.29, 0.717) is 19.3 Å². The Hall–Kier alpha value is -1.06. The number of esters is 1. The number of hydrogen-bond acceptors (Lipinski definition) is 3. The maximum absolute atomic E-state index is 11.4. The van der Waals surface area contributed by atoms with E-state index in [4.69, 9.17) is 0 Å². The van der Waals surface area contributed by atoms with Crippen molar-refractivity contribution >= 4 is 11.9 Å². The highest BCUT2D eigenvalue weighted by molar-refractivity contribution is 5.76. The van der Waals surface area contributed by atoms with Gasteiger partial charge in [-0.2, -0.15) is 0 Å². The lowest BCUT2D eigenvalue weighted by Crippen LogP contribution is -2.35. The van der Waals surface area contributed by atoms with Crippen molar-refractivity contribution < 1.29 is 14.3 Å². The van der Waals surface area contributed by atoms with E-state index in [1.807, 2.05) is 6.92 Å². The molecule has 0 aromatic heterocycles. The minimum absolute atomic E-state index is 0.0748. The molecule has 0 radical (unpaired) electrons. The summed E-state index contributed by atoms with van der Waals surface area (Å²) < 4.78 is 4.58. The molecule has 0 saturated carbocycles. The molecule has 0 aromatic carbocycles. The van der Waals surface area contributed by atoms with Gasteiger partial charge in [-0.05, 0) is 19.3 Å². The third kappa shape index (κ3) is 7.26. The fourth-order valence-corrected chi connectivity index (χ4v) is 1.56. The Kier molecular flexibility index (Phi) is 8.58. The van der Waals surface area contributed by atoms with Crippen LogP contribution in [0.15, 0.2) is 0 Å². The molecule has 0 aliphatic heterocycles. The van der Waals surface area contributed by atoms with Gasteiger partial charge < -0.3 is 10.1 Å². The molecule has 0 aliphatic rings. The molecule has 0 heterocycles. The van der Waals surface area contributed by atoms with E-state index in [-0.39, 0.29) is 17.9 Å². The molecule has 1 N–H and O–H groups in total. The first-order chi connectivity index (χ1) is 7.63. The lowest BCUT2D eigenvalue weighted by atomic mass is 10.1. The van der Waals surface area contributed by atoms with Crippen LogP contribution in [0.2, 0.25) is 0 Å². The number of methoxy groups -OCH3 is 1. The second kappa shape index (κ2) is 9.19. The normalized spacial score (nSPS) is 11.9. The van der Waals surface area contributed by atoms with Crippen LogP contribution in [-0.2, 0) is 14.3 Å². The molecule has 16 heavy (non-hydrogen) atoms. The van der Waals surface area contributed by atoms with Gasteiger partial charge in [-0.1, -0.05) is 20.3 Å². The summed E-state index contributed by atoms with van der Waals surface area (Å²) in [5, 5.41) is 2.95. The molecule has 0 bridgehead atoms. The van der Waals surface area contributed by atoms with Crippen LogP contribution in [0, 0.1) is 0 Å². The van der Waals surface area contributed by atoms with Crippen molar-refractivity contribution in [3.63, 3.8) is 0 Å². The monoisotopic (exact) mass is 229 g/mol. The zero-order valence-electron chi connectivity index (χ0n) is 10.5. The first kappa shape index (κ1) is 14.9. The summed E-state index contributed by atoms with van der Waals surface area (Å²) in [6, 6.07) is 0.100. The second-order valence-electron chi connectivity index (χ2n) is 3.92. The van der Waals surface area contributed by atoms with E-state index >= 15 is 0 Å².